The fourth-order valence-corrected chi connectivity index (χ4v) is 0. The molecule has 0 aromatic rings. The molecule has 2 radical (unpaired) electrons. The highest BCUT2D eigenvalue weighted by molar-refractivity contribution is 7.59. The van der Waals surface area contributed by atoms with Gasteiger partial charge in [0.2, 0.25) is 0 Å². The van der Waals surface area contributed by atoms with Gasteiger partial charge in [0.1, 0.15) is 0 Å². The molecule has 0 rings (SSSR count). The van der Waals surface area contributed by atoms with E-state index in [1.807, 2.05) is 19.9 Å². The Hall–Kier alpha value is -0.160. The number of nitriles is 1. The molecule has 0 aliphatic rings. The normalized spacial score (nSPS) is 6.33. The van der Waals surface area contributed by atoms with Crippen molar-refractivity contribution in [2.45, 2.75) is 13.8 Å². The number of hydrogen-bond acceptors (Lipinski definition) is 1. The summed E-state index contributed by atoms with van der Waals surface area (Å²) in [6.45, 7) is 3.72. The van der Waals surface area contributed by atoms with Crippen LogP contribution < -0.4 is 0 Å². The van der Waals surface area contributed by atoms with Crippen molar-refractivity contribution in [3.63, 3.8) is 0 Å². The highest BCUT2D eigenvalue weighted by atomic mass is 32.1. The molecule has 2 heteroatoms. The van der Waals surface area contributed by atoms with Crippen molar-refractivity contribution in [2.24, 2.45) is 5.92 Å². The quantitative estimate of drug-likeness (QED) is 0.456. The van der Waals surface area contributed by atoms with Crippen molar-refractivity contribution < 1.29 is 0 Å². The smallest absolute Gasteiger partial charge is 0.0649 e. The molecular formula is C4H7NS. The molecule has 0 heterocycles. The lowest BCUT2D eigenvalue weighted by Crippen LogP contribution is -1.72. The van der Waals surface area contributed by atoms with Crippen LogP contribution in [0.1, 0.15) is 13.8 Å². The van der Waals surface area contributed by atoms with Crippen LogP contribution in [-0.2, 0) is 0 Å². The second-order valence-electron chi connectivity index (χ2n) is 1.28. The average molecular weight is 101 g/mol. The molecule has 0 aliphatic carbocycles. The molecule has 0 saturated carbocycles. The lowest BCUT2D eigenvalue weighted by atomic mass is 10.3. The van der Waals surface area contributed by atoms with E-state index in [1.54, 1.807) is 0 Å². The molecule has 34 valence electrons. The van der Waals surface area contributed by atoms with E-state index in [4.69, 9.17) is 5.26 Å². The van der Waals surface area contributed by atoms with Crippen LogP contribution in [-0.4, -0.2) is 0 Å². The van der Waals surface area contributed by atoms with E-state index in [2.05, 4.69) is 0 Å². The van der Waals surface area contributed by atoms with E-state index < -0.39 is 0 Å². The zero-order valence-corrected chi connectivity index (χ0v) is 4.75. The minimum Gasteiger partial charge on any atom is -0.198 e. The molecule has 0 aromatic heterocycles. The predicted molar refractivity (Wildman–Crippen MR) is 28.0 cm³/mol. The van der Waals surface area contributed by atoms with Crippen LogP contribution in [0.5, 0.6) is 0 Å². The Morgan fingerprint density at radius 1 is 1.50 bits per heavy atom. The van der Waals surface area contributed by atoms with Gasteiger partial charge in [0.15, 0.2) is 0 Å². The lowest BCUT2D eigenvalue weighted by Gasteiger charge is -1.75. The Bertz CT molecular complexity index is 53.1. The van der Waals surface area contributed by atoms with Crippen LogP contribution in [0.25, 0.3) is 0 Å². The molecule has 0 fully saturated rings. The number of rotatable bonds is 0. The van der Waals surface area contributed by atoms with Crippen molar-refractivity contribution in [3.8, 4) is 6.07 Å². The summed E-state index contributed by atoms with van der Waals surface area (Å²) in [7, 11) is 0. The molecular weight excluding hydrogens is 94.1 g/mol. The molecule has 0 aromatic carbocycles. The maximum absolute atomic E-state index is 7.89. The van der Waals surface area contributed by atoms with Gasteiger partial charge in [0, 0.05) is 19.4 Å². The molecule has 0 aliphatic heterocycles. The van der Waals surface area contributed by atoms with Crippen LogP contribution in [0.3, 0.4) is 0 Å². The first-order chi connectivity index (χ1) is 2.27. The lowest BCUT2D eigenvalue weighted by molar-refractivity contribution is 0.849. The Morgan fingerprint density at radius 3 is 1.67 bits per heavy atom. The number of hydrogen-bond donors (Lipinski definition) is 0. The third-order valence-corrected chi connectivity index (χ3v) is 0.258. The first-order valence-electron chi connectivity index (χ1n) is 1.67. The standard InChI is InChI=1S/C4H7N.S/c1-4(2)3-5;/h4H,1-2H3;. The second kappa shape index (κ2) is 4.84. The largest absolute Gasteiger partial charge is 0.198 e. The van der Waals surface area contributed by atoms with Crippen molar-refractivity contribution in [3.05, 3.63) is 0 Å². The van der Waals surface area contributed by atoms with Gasteiger partial charge in [0.05, 0.1) is 6.07 Å². The van der Waals surface area contributed by atoms with E-state index in [9.17, 15) is 0 Å². The Morgan fingerprint density at radius 2 is 1.67 bits per heavy atom. The van der Waals surface area contributed by atoms with Crippen molar-refractivity contribution in [1.82, 2.24) is 0 Å². The van der Waals surface area contributed by atoms with Gasteiger partial charge >= 0.3 is 0 Å². The average Bonchev–Trinajstić information content (AvgIpc) is 1.38. The topological polar surface area (TPSA) is 23.8 Å². The maximum Gasteiger partial charge on any atom is 0.0649 e. The van der Waals surface area contributed by atoms with E-state index in [0.717, 1.165) is 0 Å². The van der Waals surface area contributed by atoms with Gasteiger partial charge in [-0.25, -0.2) is 0 Å². The van der Waals surface area contributed by atoms with Gasteiger partial charge in [-0.05, 0) is 13.8 Å². The Kier molecular flexibility index (Phi) is 7.48. The van der Waals surface area contributed by atoms with Crippen LogP contribution in [0.15, 0.2) is 0 Å². The van der Waals surface area contributed by atoms with E-state index in [0.29, 0.717) is 0 Å². The predicted octanol–water partition coefficient (Wildman–Crippen LogP) is 1.81. The fourth-order valence-electron chi connectivity index (χ4n) is 0. The summed E-state index contributed by atoms with van der Waals surface area (Å²) >= 11 is 0. The molecule has 0 N–H and O–H groups in total. The van der Waals surface area contributed by atoms with Gasteiger partial charge < -0.3 is 0 Å². The minimum absolute atomic E-state index is 0. The fraction of sp³-hybridized carbons (Fsp3) is 0.750. The summed E-state index contributed by atoms with van der Waals surface area (Å²) < 4.78 is 0. The first-order valence-corrected chi connectivity index (χ1v) is 1.67. The first kappa shape index (κ1) is 9.28. The number of nitrogens with zero attached hydrogens (tertiary/aromatic N) is 1. The van der Waals surface area contributed by atoms with Crippen molar-refractivity contribution in [2.75, 3.05) is 0 Å². The summed E-state index contributed by atoms with van der Waals surface area (Å²) in [5, 5.41) is 7.89. The summed E-state index contributed by atoms with van der Waals surface area (Å²) in [4.78, 5) is 0. The van der Waals surface area contributed by atoms with Gasteiger partial charge in [-0.15, -0.1) is 0 Å². The highest BCUT2D eigenvalue weighted by Crippen LogP contribution is 1.81. The van der Waals surface area contributed by atoms with Gasteiger partial charge in [-0.1, -0.05) is 0 Å². The third kappa shape index (κ3) is 9.15. The molecule has 0 unspecified atom stereocenters. The van der Waals surface area contributed by atoms with Crippen molar-refractivity contribution in [1.29, 1.82) is 5.26 Å². The van der Waals surface area contributed by atoms with Gasteiger partial charge in [-0.2, -0.15) is 5.26 Å². The summed E-state index contributed by atoms with van der Waals surface area (Å²) in [5.41, 5.74) is 0. The van der Waals surface area contributed by atoms with Crippen LogP contribution in [0.4, 0.5) is 0 Å². The summed E-state index contributed by atoms with van der Waals surface area (Å²) in [6.07, 6.45) is 0. The second-order valence-corrected chi connectivity index (χ2v) is 1.28. The van der Waals surface area contributed by atoms with Gasteiger partial charge in [-0.3, -0.25) is 0 Å². The Balaban J connectivity index is 0. The third-order valence-electron chi connectivity index (χ3n) is 0.258. The highest BCUT2D eigenvalue weighted by Gasteiger charge is 1.78. The van der Waals surface area contributed by atoms with E-state index in [-0.39, 0.29) is 19.4 Å². The molecule has 0 atom stereocenters. The summed E-state index contributed by atoms with van der Waals surface area (Å²) in [5.74, 6) is 0.190. The maximum atomic E-state index is 7.89. The zero-order valence-electron chi connectivity index (χ0n) is 3.93. The molecule has 1 nitrogen and oxygen atoms in total. The van der Waals surface area contributed by atoms with Crippen molar-refractivity contribution >= 4 is 13.5 Å². The van der Waals surface area contributed by atoms with Crippen LogP contribution >= 0.6 is 13.5 Å². The molecule has 0 saturated heterocycles. The van der Waals surface area contributed by atoms with E-state index >= 15 is 0 Å². The molecule has 0 bridgehead atoms. The zero-order chi connectivity index (χ0) is 4.28. The summed E-state index contributed by atoms with van der Waals surface area (Å²) in [6, 6.07) is 2.03. The molecule has 6 heavy (non-hydrogen) atoms. The Labute approximate surface area is 45.4 Å². The molecule has 0 spiro atoms. The van der Waals surface area contributed by atoms with E-state index in [1.165, 1.54) is 0 Å². The monoisotopic (exact) mass is 101 g/mol. The van der Waals surface area contributed by atoms with Crippen LogP contribution in [0, 0.1) is 17.2 Å². The minimum atomic E-state index is 0. The molecule has 0 amide bonds. The SMILES string of the molecule is CC(C)C#N.[S]. The van der Waals surface area contributed by atoms with Crippen LogP contribution in [0.2, 0.25) is 0 Å². The van der Waals surface area contributed by atoms with Gasteiger partial charge in [0.25, 0.3) is 0 Å².